The van der Waals surface area contributed by atoms with Crippen LogP contribution in [0.3, 0.4) is 0 Å². The molecule has 162 valence electrons. The molecule has 1 aliphatic rings. The van der Waals surface area contributed by atoms with Gasteiger partial charge in [-0.2, -0.15) is 0 Å². The zero-order chi connectivity index (χ0) is 22.1. The van der Waals surface area contributed by atoms with Crippen molar-refractivity contribution < 1.29 is 4.79 Å². The van der Waals surface area contributed by atoms with Crippen molar-refractivity contribution in [3.8, 4) is 0 Å². The summed E-state index contributed by atoms with van der Waals surface area (Å²) in [5.74, 6) is 1.40. The van der Waals surface area contributed by atoms with Gasteiger partial charge in [-0.05, 0) is 74.1 Å². The Morgan fingerprint density at radius 1 is 1.10 bits per heavy atom. The zero-order valence-corrected chi connectivity index (χ0v) is 19.2. The molecule has 1 fully saturated rings. The van der Waals surface area contributed by atoms with Crippen molar-refractivity contribution in [3.63, 3.8) is 0 Å². The highest BCUT2D eigenvalue weighted by molar-refractivity contribution is 7.99. The molecular weight excluding hydrogens is 400 g/mol. The van der Waals surface area contributed by atoms with Crippen molar-refractivity contribution in [1.29, 1.82) is 0 Å². The summed E-state index contributed by atoms with van der Waals surface area (Å²) in [7, 11) is 0. The Bertz CT molecular complexity index is 910. The van der Waals surface area contributed by atoms with Gasteiger partial charge < -0.3 is 10.2 Å². The van der Waals surface area contributed by atoms with Gasteiger partial charge in [0, 0.05) is 40.7 Å². The minimum absolute atomic E-state index is 0.0819. The lowest BCUT2D eigenvalue weighted by molar-refractivity contribution is -0.112. The van der Waals surface area contributed by atoms with Crippen LogP contribution in [0.15, 0.2) is 95.9 Å². The van der Waals surface area contributed by atoms with Gasteiger partial charge in [-0.1, -0.05) is 36.9 Å². The molecule has 0 aromatic heterocycles. The number of nitrogens with zero attached hydrogens (tertiary/aromatic N) is 1. The molecule has 0 spiro atoms. The van der Waals surface area contributed by atoms with Gasteiger partial charge in [0.25, 0.3) is 5.91 Å². The van der Waals surface area contributed by atoms with Crippen molar-refractivity contribution >= 4 is 29.0 Å². The minimum Gasteiger partial charge on any atom is -0.372 e. The number of carbonyl (C=O) groups is 1. The monoisotopic (exact) mass is 432 g/mol. The second kappa shape index (κ2) is 11.6. The van der Waals surface area contributed by atoms with E-state index >= 15 is 0 Å². The molecule has 0 bridgehead atoms. The molecule has 0 radical (unpaired) electrons. The highest BCUT2D eigenvalue weighted by atomic mass is 32.2. The highest BCUT2D eigenvalue weighted by Gasteiger charge is 2.18. The number of carbonyl (C=O) groups excluding carboxylic acids is 1. The van der Waals surface area contributed by atoms with Crippen molar-refractivity contribution in [1.82, 2.24) is 0 Å². The number of hydrogen-bond acceptors (Lipinski definition) is 3. The molecule has 1 heterocycles. The fourth-order valence-electron chi connectivity index (χ4n) is 3.79. The number of benzene rings is 2. The van der Waals surface area contributed by atoms with Crippen LogP contribution in [0.1, 0.15) is 26.2 Å². The van der Waals surface area contributed by atoms with Crippen LogP contribution in [-0.4, -0.2) is 24.7 Å². The van der Waals surface area contributed by atoms with Gasteiger partial charge in [-0.3, -0.25) is 4.79 Å². The van der Waals surface area contributed by atoms with E-state index < -0.39 is 0 Å². The van der Waals surface area contributed by atoms with E-state index in [1.807, 2.05) is 43.3 Å². The zero-order valence-electron chi connectivity index (χ0n) is 18.3. The van der Waals surface area contributed by atoms with Crippen LogP contribution in [0, 0.1) is 5.92 Å². The third kappa shape index (κ3) is 6.63. The van der Waals surface area contributed by atoms with Gasteiger partial charge in [-0.15, -0.1) is 18.3 Å². The lowest BCUT2D eigenvalue weighted by Crippen LogP contribution is -2.33. The number of thioether (sulfide) groups is 1. The summed E-state index contributed by atoms with van der Waals surface area (Å²) < 4.78 is 0. The van der Waals surface area contributed by atoms with Crippen LogP contribution in [0.2, 0.25) is 0 Å². The van der Waals surface area contributed by atoms with E-state index in [4.69, 9.17) is 0 Å². The molecule has 1 saturated heterocycles. The molecule has 2 aromatic rings. The number of hydrogen-bond donors (Lipinski definition) is 1. The fourth-order valence-corrected chi connectivity index (χ4v) is 4.79. The van der Waals surface area contributed by atoms with Crippen LogP contribution < -0.4 is 10.2 Å². The first-order valence-corrected chi connectivity index (χ1v) is 11.9. The van der Waals surface area contributed by atoms with E-state index in [0.29, 0.717) is 11.3 Å². The van der Waals surface area contributed by atoms with Crippen molar-refractivity contribution in [3.05, 3.63) is 91.1 Å². The molecule has 0 atom stereocenters. The Labute approximate surface area is 190 Å². The number of piperidine rings is 1. The first-order valence-electron chi connectivity index (χ1n) is 10.9. The topological polar surface area (TPSA) is 32.3 Å². The molecule has 1 N–H and O–H groups in total. The van der Waals surface area contributed by atoms with Gasteiger partial charge in [0.1, 0.15) is 0 Å². The molecule has 0 unspecified atom stereocenters. The number of nitrogens with one attached hydrogen (secondary N) is 1. The molecule has 3 rings (SSSR count). The van der Waals surface area contributed by atoms with E-state index in [1.54, 1.807) is 17.8 Å². The average Bonchev–Trinajstić information content (AvgIpc) is 2.81. The summed E-state index contributed by atoms with van der Waals surface area (Å²) in [6.45, 7) is 11.8. The molecule has 2 aromatic carbocycles. The summed E-state index contributed by atoms with van der Waals surface area (Å²) in [6, 6.07) is 18.4. The predicted molar refractivity (Wildman–Crippen MR) is 135 cm³/mol. The summed E-state index contributed by atoms with van der Waals surface area (Å²) in [4.78, 5) is 16.4. The van der Waals surface area contributed by atoms with Crippen LogP contribution in [0.4, 0.5) is 11.4 Å². The van der Waals surface area contributed by atoms with Crippen LogP contribution >= 0.6 is 11.8 Å². The molecule has 0 aliphatic carbocycles. The number of rotatable bonds is 9. The Morgan fingerprint density at radius 3 is 2.39 bits per heavy atom. The van der Waals surface area contributed by atoms with E-state index in [2.05, 4.69) is 47.6 Å². The Hall–Kier alpha value is -2.72. The smallest absolute Gasteiger partial charge is 0.251 e. The molecule has 1 amide bonds. The maximum Gasteiger partial charge on any atom is 0.251 e. The maximum atomic E-state index is 12.8. The number of amides is 1. The molecule has 0 saturated carbocycles. The standard InChI is InChI=1S/C27H32N2OS/c1-4-9-22-16-18-29(19-17-22)25-14-12-24(13-15-25)28-27(30)21(3)23(5-2)20-31-26-10-7-6-8-11-26/h4-8,10-15,22H,1-2,9,16-20H2,3H3,(H,28,30)/b23-21-. The number of anilines is 2. The van der Waals surface area contributed by atoms with Gasteiger partial charge in [0.2, 0.25) is 0 Å². The Kier molecular flexibility index (Phi) is 8.60. The van der Waals surface area contributed by atoms with Gasteiger partial charge in [0.15, 0.2) is 0 Å². The molecule has 31 heavy (non-hydrogen) atoms. The predicted octanol–water partition coefficient (Wildman–Crippen LogP) is 6.71. The molecule has 3 nitrogen and oxygen atoms in total. The SMILES string of the molecule is C=CCC1CCN(c2ccc(NC(=O)/C(C)=C(/C=C)CSc3ccccc3)cc2)CC1. The molecular formula is C27H32N2OS. The largest absolute Gasteiger partial charge is 0.372 e. The first kappa shape index (κ1) is 23.0. The fraction of sp³-hybridized carbons (Fsp3) is 0.296. The normalized spacial score (nSPS) is 15.2. The van der Waals surface area contributed by atoms with Crippen LogP contribution in [0.25, 0.3) is 0 Å². The van der Waals surface area contributed by atoms with Crippen molar-refractivity contribution in [2.45, 2.75) is 31.1 Å². The third-order valence-corrected chi connectivity index (χ3v) is 6.87. The molecule has 4 heteroatoms. The summed E-state index contributed by atoms with van der Waals surface area (Å²) in [5.41, 5.74) is 3.68. The first-order chi connectivity index (χ1) is 15.1. The quantitative estimate of drug-likeness (QED) is 0.207. The second-order valence-electron chi connectivity index (χ2n) is 7.91. The minimum atomic E-state index is -0.0819. The van der Waals surface area contributed by atoms with Gasteiger partial charge in [-0.25, -0.2) is 0 Å². The van der Waals surface area contributed by atoms with Crippen LogP contribution in [-0.2, 0) is 4.79 Å². The van der Waals surface area contributed by atoms with Crippen LogP contribution in [0.5, 0.6) is 0 Å². The van der Waals surface area contributed by atoms with Crippen molar-refractivity contribution in [2.24, 2.45) is 5.92 Å². The average molecular weight is 433 g/mol. The Balaban J connectivity index is 1.57. The van der Waals surface area contributed by atoms with E-state index in [1.165, 1.54) is 23.4 Å². The Morgan fingerprint density at radius 2 is 1.77 bits per heavy atom. The van der Waals surface area contributed by atoms with Gasteiger partial charge >= 0.3 is 0 Å². The highest BCUT2D eigenvalue weighted by Crippen LogP contribution is 2.27. The van der Waals surface area contributed by atoms with E-state index in [9.17, 15) is 4.79 Å². The second-order valence-corrected chi connectivity index (χ2v) is 8.96. The van der Waals surface area contributed by atoms with Gasteiger partial charge in [0.05, 0.1) is 0 Å². The summed E-state index contributed by atoms with van der Waals surface area (Å²) >= 11 is 1.71. The lowest BCUT2D eigenvalue weighted by atomic mass is 9.93. The molecule has 1 aliphatic heterocycles. The lowest BCUT2D eigenvalue weighted by Gasteiger charge is -2.33. The van der Waals surface area contributed by atoms with E-state index in [0.717, 1.165) is 36.7 Å². The maximum absolute atomic E-state index is 12.8. The summed E-state index contributed by atoms with van der Waals surface area (Å²) in [5, 5.41) is 3.03. The third-order valence-electron chi connectivity index (χ3n) is 5.81. The summed E-state index contributed by atoms with van der Waals surface area (Å²) in [6.07, 6.45) is 7.35. The van der Waals surface area contributed by atoms with Crippen molar-refractivity contribution in [2.75, 3.05) is 29.1 Å². The van der Waals surface area contributed by atoms with E-state index in [-0.39, 0.29) is 5.91 Å². The number of allylic oxidation sites excluding steroid dienone is 2.